The van der Waals surface area contributed by atoms with Crippen molar-refractivity contribution in [3.63, 3.8) is 0 Å². The van der Waals surface area contributed by atoms with Crippen molar-refractivity contribution in [3.05, 3.63) is 29.8 Å². The van der Waals surface area contributed by atoms with Gasteiger partial charge < -0.3 is 15.4 Å². The highest BCUT2D eigenvalue weighted by atomic mass is 16.5. The number of hydrogen-bond donors (Lipinski definition) is 2. The highest BCUT2D eigenvalue weighted by Gasteiger charge is 2.29. The van der Waals surface area contributed by atoms with E-state index in [1.807, 2.05) is 31.2 Å². The summed E-state index contributed by atoms with van der Waals surface area (Å²) in [5, 5.41) is 6.31. The van der Waals surface area contributed by atoms with Crippen LogP contribution in [-0.2, 0) is 4.79 Å². The Morgan fingerprint density at radius 1 is 1.42 bits per heavy atom. The van der Waals surface area contributed by atoms with Crippen molar-refractivity contribution in [2.75, 3.05) is 13.7 Å². The summed E-state index contributed by atoms with van der Waals surface area (Å²) in [7, 11) is 1.65. The first-order valence-electron chi connectivity index (χ1n) is 6.79. The van der Waals surface area contributed by atoms with Crippen LogP contribution >= 0.6 is 0 Å². The first kappa shape index (κ1) is 13.9. The maximum atomic E-state index is 12.2. The SMILES string of the molecule is COc1ccc([C@@H](C)NC(=O)C2NCCC2C)cc1. The molecule has 4 heteroatoms. The minimum Gasteiger partial charge on any atom is -0.497 e. The summed E-state index contributed by atoms with van der Waals surface area (Å²) in [6.07, 6.45) is 1.06. The average molecular weight is 262 g/mol. The van der Waals surface area contributed by atoms with Gasteiger partial charge in [0.05, 0.1) is 19.2 Å². The van der Waals surface area contributed by atoms with Crippen molar-refractivity contribution in [1.29, 1.82) is 0 Å². The Morgan fingerprint density at radius 2 is 2.11 bits per heavy atom. The minimum atomic E-state index is -0.0549. The van der Waals surface area contributed by atoms with Gasteiger partial charge in [0.15, 0.2) is 0 Å². The first-order valence-corrected chi connectivity index (χ1v) is 6.79. The van der Waals surface area contributed by atoms with Crippen molar-refractivity contribution >= 4 is 5.91 Å². The maximum Gasteiger partial charge on any atom is 0.237 e. The van der Waals surface area contributed by atoms with E-state index >= 15 is 0 Å². The predicted octanol–water partition coefficient (Wildman–Crippen LogP) is 1.87. The van der Waals surface area contributed by atoms with E-state index in [1.165, 1.54) is 0 Å². The van der Waals surface area contributed by atoms with Gasteiger partial charge in [-0.1, -0.05) is 19.1 Å². The number of ether oxygens (including phenoxy) is 1. The number of rotatable bonds is 4. The number of carbonyl (C=O) groups is 1. The lowest BCUT2D eigenvalue weighted by molar-refractivity contribution is -0.124. The lowest BCUT2D eigenvalue weighted by Crippen LogP contribution is -2.44. The van der Waals surface area contributed by atoms with E-state index in [4.69, 9.17) is 4.74 Å². The molecule has 104 valence electrons. The quantitative estimate of drug-likeness (QED) is 0.871. The lowest BCUT2D eigenvalue weighted by atomic mass is 10.0. The summed E-state index contributed by atoms with van der Waals surface area (Å²) >= 11 is 0. The fraction of sp³-hybridized carbons (Fsp3) is 0.533. The summed E-state index contributed by atoms with van der Waals surface area (Å²) in [6.45, 7) is 5.04. The van der Waals surface area contributed by atoms with Crippen LogP contribution in [0.25, 0.3) is 0 Å². The first-order chi connectivity index (χ1) is 9.11. The van der Waals surface area contributed by atoms with Gasteiger partial charge in [-0.25, -0.2) is 0 Å². The molecule has 19 heavy (non-hydrogen) atoms. The monoisotopic (exact) mass is 262 g/mol. The Kier molecular flexibility index (Phi) is 4.43. The third kappa shape index (κ3) is 3.26. The number of amides is 1. The zero-order valence-corrected chi connectivity index (χ0v) is 11.8. The Bertz CT molecular complexity index is 430. The van der Waals surface area contributed by atoms with Gasteiger partial charge in [0.25, 0.3) is 0 Å². The van der Waals surface area contributed by atoms with E-state index in [9.17, 15) is 4.79 Å². The van der Waals surface area contributed by atoms with Crippen LogP contribution in [0.2, 0.25) is 0 Å². The molecule has 1 aliphatic heterocycles. The molecule has 2 rings (SSSR count). The zero-order valence-electron chi connectivity index (χ0n) is 11.8. The summed E-state index contributed by atoms with van der Waals surface area (Å²) in [4.78, 5) is 12.2. The van der Waals surface area contributed by atoms with E-state index < -0.39 is 0 Å². The number of hydrogen-bond acceptors (Lipinski definition) is 3. The molecule has 1 aromatic rings. The Labute approximate surface area is 114 Å². The Hall–Kier alpha value is -1.55. The fourth-order valence-corrected chi connectivity index (χ4v) is 2.46. The molecule has 2 unspecified atom stereocenters. The molecule has 1 saturated heterocycles. The topological polar surface area (TPSA) is 50.4 Å². The predicted molar refractivity (Wildman–Crippen MR) is 75.1 cm³/mol. The maximum absolute atomic E-state index is 12.2. The molecule has 1 fully saturated rings. The van der Waals surface area contributed by atoms with Gasteiger partial charge >= 0.3 is 0 Å². The van der Waals surface area contributed by atoms with Crippen LogP contribution in [-0.4, -0.2) is 25.6 Å². The molecule has 0 spiro atoms. The third-order valence-electron chi connectivity index (χ3n) is 3.79. The van der Waals surface area contributed by atoms with Gasteiger partial charge in [-0.15, -0.1) is 0 Å². The largest absolute Gasteiger partial charge is 0.497 e. The van der Waals surface area contributed by atoms with Crippen LogP contribution in [0, 0.1) is 5.92 Å². The molecule has 3 atom stereocenters. The second-order valence-corrected chi connectivity index (χ2v) is 5.20. The van der Waals surface area contributed by atoms with Gasteiger partial charge in [-0.2, -0.15) is 0 Å². The highest BCUT2D eigenvalue weighted by Crippen LogP contribution is 2.19. The van der Waals surface area contributed by atoms with Crippen LogP contribution < -0.4 is 15.4 Å². The molecule has 0 bridgehead atoms. The molecule has 0 aliphatic carbocycles. The molecule has 2 N–H and O–H groups in total. The van der Waals surface area contributed by atoms with Gasteiger partial charge in [-0.05, 0) is 43.5 Å². The molecular weight excluding hydrogens is 240 g/mol. The van der Waals surface area contributed by atoms with Crippen LogP contribution in [0.3, 0.4) is 0 Å². The standard InChI is InChI=1S/C15H22N2O2/c1-10-8-9-16-14(10)15(18)17-11(2)12-4-6-13(19-3)7-5-12/h4-7,10-11,14,16H,8-9H2,1-3H3,(H,17,18)/t10?,11-,14?/m1/s1. The van der Waals surface area contributed by atoms with Gasteiger partial charge in [0.2, 0.25) is 5.91 Å². The number of methoxy groups -OCH3 is 1. The molecular formula is C15H22N2O2. The number of carbonyl (C=O) groups excluding carboxylic acids is 1. The van der Waals surface area contributed by atoms with Crippen molar-refractivity contribution in [1.82, 2.24) is 10.6 Å². The third-order valence-corrected chi connectivity index (χ3v) is 3.79. The molecule has 0 aromatic heterocycles. The molecule has 4 nitrogen and oxygen atoms in total. The molecule has 0 saturated carbocycles. The van der Waals surface area contributed by atoms with E-state index in [0.29, 0.717) is 5.92 Å². The van der Waals surface area contributed by atoms with Crippen LogP contribution in [0.15, 0.2) is 24.3 Å². The fourth-order valence-electron chi connectivity index (χ4n) is 2.46. The van der Waals surface area contributed by atoms with E-state index in [2.05, 4.69) is 17.6 Å². The minimum absolute atomic E-state index is 0.00741. The van der Waals surface area contributed by atoms with Crippen LogP contribution in [0.5, 0.6) is 5.75 Å². The second kappa shape index (κ2) is 6.06. The zero-order chi connectivity index (χ0) is 13.8. The number of nitrogens with one attached hydrogen (secondary N) is 2. The van der Waals surface area contributed by atoms with Crippen molar-refractivity contribution in [2.45, 2.75) is 32.4 Å². The summed E-state index contributed by atoms with van der Waals surface area (Å²) in [6, 6.07) is 7.74. The molecule has 0 radical (unpaired) electrons. The van der Waals surface area contributed by atoms with Gasteiger partial charge in [0, 0.05) is 0 Å². The van der Waals surface area contributed by atoms with Crippen LogP contribution in [0.1, 0.15) is 31.9 Å². The molecule has 1 amide bonds. The van der Waals surface area contributed by atoms with Gasteiger partial charge in [0.1, 0.15) is 5.75 Å². The van der Waals surface area contributed by atoms with E-state index in [-0.39, 0.29) is 18.0 Å². The molecule has 1 heterocycles. The van der Waals surface area contributed by atoms with Gasteiger partial charge in [-0.3, -0.25) is 4.79 Å². The summed E-state index contributed by atoms with van der Waals surface area (Å²) in [5.41, 5.74) is 1.08. The molecule has 1 aliphatic rings. The average Bonchev–Trinajstić information content (AvgIpc) is 2.85. The van der Waals surface area contributed by atoms with Crippen molar-refractivity contribution in [3.8, 4) is 5.75 Å². The van der Waals surface area contributed by atoms with Crippen LogP contribution in [0.4, 0.5) is 0 Å². The summed E-state index contributed by atoms with van der Waals surface area (Å²) in [5.74, 6) is 1.32. The lowest BCUT2D eigenvalue weighted by Gasteiger charge is -2.20. The van der Waals surface area contributed by atoms with E-state index in [1.54, 1.807) is 7.11 Å². The number of benzene rings is 1. The Morgan fingerprint density at radius 3 is 2.63 bits per heavy atom. The summed E-state index contributed by atoms with van der Waals surface area (Å²) < 4.78 is 5.13. The second-order valence-electron chi connectivity index (χ2n) is 5.20. The molecule has 1 aromatic carbocycles. The van der Waals surface area contributed by atoms with Crippen molar-refractivity contribution < 1.29 is 9.53 Å². The van der Waals surface area contributed by atoms with E-state index in [0.717, 1.165) is 24.3 Å². The smallest absolute Gasteiger partial charge is 0.237 e. The Balaban J connectivity index is 1.95. The normalized spacial score (nSPS) is 23.9. The van der Waals surface area contributed by atoms with Crippen molar-refractivity contribution in [2.24, 2.45) is 5.92 Å². The highest BCUT2D eigenvalue weighted by molar-refractivity contribution is 5.82.